The van der Waals surface area contributed by atoms with Crippen LogP contribution in [0.2, 0.25) is 0 Å². The molecule has 0 saturated carbocycles. The zero-order valence-electron chi connectivity index (χ0n) is 13.8. The molecular formula is C15H21AlO6. The van der Waals surface area contributed by atoms with Gasteiger partial charge in [-0.15, -0.1) is 0 Å². The van der Waals surface area contributed by atoms with Gasteiger partial charge in [0.05, 0.1) is 0 Å². The molecule has 0 unspecified atom stereocenters. The monoisotopic (exact) mass is 324 g/mol. The van der Waals surface area contributed by atoms with Crippen molar-refractivity contribution in [1.82, 2.24) is 0 Å². The van der Waals surface area contributed by atoms with Gasteiger partial charge in [-0.05, 0) is 41.5 Å². The van der Waals surface area contributed by atoms with Crippen molar-refractivity contribution in [1.29, 1.82) is 0 Å². The summed E-state index contributed by atoms with van der Waals surface area (Å²) in [4.78, 5) is 59.9. The minimum absolute atomic E-state index is 0. The molecule has 0 amide bonds. The van der Waals surface area contributed by atoms with Gasteiger partial charge in [0.15, 0.2) is 0 Å². The van der Waals surface area contributed by atoms with Crippen molar-refractivity contribution in [3.63, 3.8) is 0 Å². The summed E-state index contributed by atoms with van der Waals surface area (Å²) in [5.41, 5.74) is 0. The van der Waals surface area contributed by atoms with Crippen LogP contribution in [-0.2, 0) is 28.8 Å². The summed E-state index contributed by atoms with van der Waals surface area (Å²) in [5, 5.41) is 0. The van der Waals surface area contributed by atoms with Gasteiger partial charge in [0.2, 0.25) is 0 Å². The molecule has 0 aliphatic rings. The van der Waals surface area contributed by atoms with E-state index in [1.165, 1.54) is 41.5 Å². The van der Waals surface area contributed by atoms with Crippen molar-refractivity contribution in [3.8, 4) is 0 Å². The molecular weight excluding hydrogens is 303 g/mol. The SMILES string of the molecule is CC(=O)[CH-]C(C)=O.CC(=O)[CH-]C(C)=O.CC(=O)[CH-]C(C)=O.[Al+3]. The molecule has 0 atom stereocenters. The van der Waals surface area contributed by atoms with E-state index in [0.29, 0.717) is 0 Å². The molecule has 0 aromatic carbocycles. The third-order valence-corrected chi connectivity index (χ3v) is 1.22. The number of carbonyl (C=O) groups excluding carboxylic acids is 6. The van der Waals surface area contributed by atoms with Crippen LogP contribution < -0.4 is 0 Å². The number of hydrogen-bond donors (Lipinski definition) is 0. The fourth-order valence-electron chi connectivity index (χ4n) is 0.859. The number of carbonyl (C=O) groups is 6. The van der Waals surface area contributed by atoms with Crippen LogP contribution in [0.1, 0.15) is 41.5 Å². The Morgan fingerprint density at radius 2 is 0.500 bits per heavy atom. The van der Waals surface area contributed by atoms with Crippen LogP contribution in [0.25, 0.3) is 0 Å². The maximum Gasteiger partial charge on any atom is 3.00 e. The summed E-state index contributed by atoms with van der Waals surface area (Å²) in [6.07, 6.45) is 3.17. The zero-order valence-corrected chi connectivity index (χ0v) is 14.9. The third-order valence-electron chi connectivity index (χ3n) is 1.22. The van der Waals surface area contributed by atoms with Crippen molar-refractivity contribution in [2.24, 2.45) is 0 Å². The van der Waals surface area contributed by atoms with Crippen LogP contribution in [0.15, 0.2) is 0 Å². The normalized spacial score (nSPS) is 7.36. The van der Waals surface area contributed by atoms with E-state index in [9.17, 15) is 28.8 Å². The fraction of sp³-hybridized carbons (Fsp3) is 0.400. The molecule has 0 bridgehead atoms. The van der Waals surface area contributed by atoms with Crippen LogP contribution in [0, 0.1) is 19.3 Å². The standard InChI is InChI=1S/3C5H7O2.Al/c3*1-4(6)3-5(2)7;/h3*3H,1-2H3;/q3*-1;+3. The molecule has 7 heteroatoms. The molecule has 0 aromatic heterocycles. The first kappa shape index (κ1) is 28.3. The van der Waals surface area contributed by atoms with E-state index in [1.54, 1.807) is 0 Å². The largest absolute Gasteiger partial charge is 3.00 e. The summed E-state index contributed by atoms with van der Waals surface area (Å²) in [7, 11) is 0. The maximum absolute atomic E-state index is 9.98. The average molecular weight is 324 g/mol. The predicted molar refractivity (Wildman–Crippen MR) is 82.7 cm³/mol. The minimum atomic E-state index is -0.187. The minimum Gasteiger partial charge on any atom is -0.334 e. The molecule has 0 aliphatic carbocycles. The smallest absolute Gasteiger partial charge is 0.334 e. The molecule has 0 fully saturated rings. The van der Waals surface area contributed by atoms with Crippen molar-refractivity contribution < 1.29 is 28.8 Å². The Hall–Kier alpha value is -1.84. The van der Waals surface area contributed by atoms with E-state index in [1.807, 2.05) is 0 Å². The molecule has 6 nitrogen and oxygen atoms in total. The molecule has 120 valence electrons. The predicted octanol–water partition coefficient (Wildman–Crippen LogP) is 0.725. The first-order valence-electron chi connectivity index (χ1n) is 5.96. The molecule has 0 spiro atoms. The van der Waals surface area contributed by atoms with E-state index < -0.39 is 0 Å². The van der Waals surface area contributed by atoms with E-state index in [0.717, 1.165) is 19.3 Å². The van der Waals surface area contributed by atoms with Gasteiger partial charge in [-0.1, -0.05) is 0 Å². The maximum atomic E-state index is 9.98. The summed E-state index contributed by atoms with van der Waals surface area (Å²) >= 11 is 0. The van der Waals surface area contributed by atoms with E-state index in [4.69, 9.17) is 0 Å². The topological polar surface area (TPSA) is 102 Å². The third kappa shape index (κ3) is 51.8. The summed E-state index contributed by atoms with van der Waals surface area (Å²) in [5.74, 6) is -1.12. The van der Waals surface area contributed by atoms with E-state index >= 15 is 0 Å². The number of hydrogen-bond acceptors (Lipinski definition) is 6. The Morgan fingerprint density at radius 3 is 0.500 bits per heavy atom. The molecule has 0 N–H and O–H groups in total. The molecule has 0 radical (unpaired) electrons. The van der Waals surface area contributed by atoms with Crippen molar-refractivity contribution in [3.05, 3.63) is 19.3 Å². The molecule has 0 rings (SSSR count). The molecule has 22 heavy (non-hydrogen) atoms. The molecule has 0 heterocycles. The first-order valence-corrected chi connectivity index (χ1v) is 5.96. The van der Waals surface area contributed by atoms with Crippen LogP contribution in [0.5, 0.6) is 0 Å². The average Bonchev–Trinajstić information content (AvgIpc) is 2.10. The van der Waals surface area contributed by atoms with Gasteiger partial charge < -0.3 is 28.8 Å². The Labute approximate surface area is 142 Å². The van der Waals surface area contributed by atoms with Gasteiger partial charge in [0.25, 0.3) is 0 Å². The second kappa shape index (κ2) is 17.2. The number of ketones is 6. The van der Waals surface area contributed by atoms with E-state index in [-0.39, 0.29) is 52.1 Å². The number of rotatable bonds is 6. The van der Waals surface area contributed by atoms with Gasteiger partial charge in [-0.25, -0.2) is 0 Å². The van der Waals surface area contributed by atoms with Crippen LogP contribution >= 0.6 is 0 Å². The van der Waals surface area contributed by atoms with Gasteiger partial charge in [0.1, 0.15) is 0 Å². The first-order chi connectivity index (χ1) is 9.38. The summed E-state index contributed by atoms with van der Waals surface area (Å²) in [6, 6.07) is 0. The van der Waals surface area contributed by atoms with Gasteiger partial charge >= 0.3 is 17.4 Å². The van der Waals surface area contributed by atoms with Gasteiger partial charge in [-0.2, -0.15) is 0 Å². The second-order valence-electron chi connectivity index (χ2n) is 4.10. The van der Waals surface area contributed by atoms with Crippen molar-refractivity contribution >= 4 is 52.1 Å². The number of Topliss-reactive ketones (excluding diaryl/α,β-unsaturated/α-hetero) is 6. The second-order valence-corrected chi connectivity index (χ2v) is 4.10. The quantitative estimate of drug-likeness (QED) is 0.405. The van der Waals surface area contributed by atoms with E-state index in [2.05, 4.69) is 0 Å². The van der Waals surface area contributed by atoms with Crippen molar-refractivity contribution in [2.75, 3.05) is 0 Å². The summed E-state index contributed by atoms with van der Waals surface area (Å²) < 4.78 is 0. The van der Waals surface area contributed by atoms with Gasteiger partial charge in [0, 0.05) is 34.7 Å². The molecule has 0 aromatic rings. The Morgan fingerprint density at radius 1 is 0.409 bits per heavy atom. The van der Waals surface area contributed by atoms with Crippen LogP contribution in [0.3, 0.4) is 0 Å². The Kier molecular flexibility index (Phi) is 22.2. The molecule has 0 saturated heterocycles. The molecule has 0 aliphatic heterocycles. The Balaban J connectivity index is -0.000000108. The summed E-state index contributed by atoms with van der Waals surface area (Å²) in [6.45, 7) is 8.09. The van der Waals surface area contributed by atoms with Crippen LogP contribution in [-0.4, -0.2) is 52.1 Å². The zero-order chi connectivity index (χ0) is 17.6. The van der Waals surface area contributed by atoms with Crippen molar-refractivity contribution in [2.45, 2.75) is 41.5 Å². The van der Waals surface area contributed by atoms with Crippen LogP contribution in [0.4, 0.5) is 0 Å². The fourth-order valence-corrected chi connectivity index (χ4v) is 0.859. The van der Waals surface area contributed by atoms with Gasteiger partial charge in [-0.3, -0.25) is 19.3 Å². The Bertz CT molecular complexity index is 314.